The lowest BCUT2D eigenvalue weighted by atomic mass is 10.1. The Balaban J connectivity index is 1.50. The Hall–Kier alpha value is -3.27. The number of para-hydroxylation sites is 1. The van der Waals surface area contributed by atoms with Crippen LogP contribution in [0.4, 0.5) is 5.69 Å². The number of carbonyl (C=O) groups is 1. The Labute approximate surface area is 159 Å². The monoisotopic (exact) mass is 361 g/mol. The second-order valence-corrected chi connectivity index (χ2v) is 6.09. The Morgan fingerprint density at radius 2 is 1.44 bits per heavy atom. The molecule has 27 heavy (non-hydrogen) atoms. The van der Waals surface area contributed by atoms with Gasteiger partial charge in [0.25, 0.3) is 0 Å². The van der Waals surface area contributed by atoms with Gasteiger partial charge in [-0.2, -0.15) is 0 Å². The van der Waals surface area contributed by atoms with Crippen molar-refractivity contribution in [2.24, 2.45) is 0 Å². The number of nitrogens with one attached hydrogen (secondary N) is 1. The van der Waals surface area contributed by atoms with Crippen molar-refractivity contribution in [1.29, 1.82) is 0 Å². The Morgan fingerprint density at radius 1 is 0.815 bits per heavy atom. The molecule has 0 bridgehead atoms. The molecule has 4 nitrogen and oxygen atoms in total. The largest absolute Gasteiger partial charge is 0.466 e. The first-order valence-corrected chi connectivity index (χ1v) is 9.03. The maximum Gasteiger partial charge on any atom is 0.310 e. The van der Waals surface area contributed by atoms with E-state index in [2.05, 4.69) is 5.32 Å². The average molecular weight is 361 g/mol. The highest BCUT2D eigenvalue weighted by molar-refractivity contribution is 5.72. The topological polar surface area (TPSA) is 47.6 Å². The van der Waals surface area contributed by atoms with E-state index >= 15 is 0 Å². The molecule has 0 saturated heterocycles. The standard InChI is InChI=1S/C23H23NO3/c1-2-26-23(25)16-18-8-12-20(13-9-18)24-17-19-10-14-22(15-11-19)27-21-6-4-3-5-7-21/h3-15,24H,2,16-17H2,1H3. The van der Waals surface area contributed by atoms with Crippen LogP contribution in [0.1, 0.15) is 18.1 Å². The van der Waals surface area contributed by atoms with Crippen molar-refractivity contribution >= 4 is 11.7 Å². The summed E-state index contributed by atoms with van der Waals surface area (Å²) in [6.45, 7) is 2.93. The molecule has 4 heteroatoms. The van der Waals surface area contributed by atoms with Gasteiger partial charge in [-0.05, 0) is 54.4 Å². The lowest BCUT2D eigenvalue weighted by molar-refractivity contribution is -0.142. The highest BCUT2D eigenvalue weighted by Crippen LogP contribution is 2.21. The summed E-state index contributed by atoms with van der Waals surface area (Å²) in [4.78, 5) is 11.5. The molecule has 0 radical (unpaired) electrons. The molecular formula is C23H23NO3. The van der Waals surface area contributed by atoms with Crippen molar-refractivity contribution in [3.05, 3.63) is 90.0 Å². The van der Waals surface area contributed by atoms with Gasteiger partial charge in [-0.15, -0.1) is 0 Å². The molecule has 0 aromatic heterocycles. The number of hydrogen-bond donors (Lipinski definition) is 1. The van der Waals surface area contributed by atoms with Crippen LogP contribution in [0.3, 0.4) is 0 Å². The van der Waals surface area contributed by atoms with Gasteiger partial charge in [0.15, 0.2) is 0 Å². The zero-order chi connectivity index (χ0) is 18.9. The molecule has 1 N–H and O–H groups in total. The highest BCUT2D eigenvalue weighted by Gasteiger charge is 2.04. The van der Waals surface area contributed by atoms with Crippen LogP contribution < -0.4 is 10.1 Å². The number of ether oxygens (including phenoxy) is 2. The molecule has 0 aliphatic rings. The summed E-state index contributed by atoms with van der Waals surface area (Å²) >= 11 is 0. The molecule has 0 spiro atoms. The second-order valence-electron chi connectivity index (χ2n) is 6.09. The summed E-state index contributed by atoms with van der Waals surface area (Å²) in [5.74, 6) is 1.44. The number of benzene rings is 3. The van der Waals surface area contributed by atoms with Crippen LogP contribution in [-0.4, -0.2) is 12.6 Å². The normalized spacial score (nSPS) is 10.3. The minimum atomic E-state index is -0.198. The number of hydrogen-bond acceptors (Lipinski definition) is 4. The fourth-order valence-electron chi connectivity index (χ4n) is 2.62. The first-order valence-electron chi connectivity index (χ1n) is 9.03. The van der Waals surface area contributed by atoms with E-state index in [-0.39, 0.29) is 5.97 Å². The van der Waals surface area contributed by atoms with Gasteiger partial charge in [0.05, 0.1) is 13.0 Å². The number of rotatable bonds is 8. The summed E-state index contributed by atoms with van der Waals surface area (Å²) in [5.41, 5.74) is 3.11. The Bertz CT molecular complexity index is 843. The van der Waals surface area contributed by atoms with Gasteiger partial charge in [0.2, 0.25) is 0 Å². The van der Waals surface area contributed by atoms with Gasteiger partial charge in [-0.1, -0.05) is 42.5 Å². The van der Waals surface area contributed by atoms with E-state index in [1.807, 2.05) is 85.8 Å². The van der Waals surface area contributed by atoms with Crippen LogP contribution in [0.5, 0.6) is 11.5 Å². The van der Waals surface area contributed by atoms with Crippen LogP contribution in [0, 0.1) is 0 Å². The number of esters is 1. The molecule has 0 aliphatic carbocycles. The zero-order valence-electron chi connectivity index (χ0n) is 15.4. The summed E-state index contributed by atoms with van der Waals surface area (Å²) < 4.78 is 10.8. The van der Waals surface area contributed by atoms with Crippen molar-refractivity contribution in [2.45, 2.75) is 19.9 Å². The first kappa shape index (κ1) is 18.5. The molecule has 3 aromatic rings. The third-order valence-electron chi connectivity index (χ3n) is 4.01. The molecule has 0 saturated carbocycles. The van der Waals surface area contributed by atoms with Gasteiger partial charge in [0.1, 0.15) is 11.5 Å². The minimum absolute atomic E-state index is 0.198. The molecule has 0 aliphatic heterocycles. The Kier molecular flexibility index (Phi) is 6.47. The van der Waals surface area contributed by atoms with E-state index in [0.29, 0.717) is 19.6 Å². The van der Waals surface area contributed by atoms with E-state index < -0.39 is 0 Å². The van der Waals surface area contributed by atoms with Gasteiger partial charge in [0, 0.05) is 12.2 Å². The predicted molar refractivity (Wildman–Crippen MR) is 107 cm³/mol. The zero-order valence-corrected chi connectivity index (χ0v) is 15.4. The predicted octanol–water partition coefficient (Wildman–Crippen LogP) is 5.20. The fraction of sp³-hybridized carbons (Fsp3) is 0.174. The number of anilines is 1. The molecule has 0 amide bonds. The van der Waals surface area contributed by atoms with Crippen molar-refractivity contribution in [1.82, 2.24) is 0 Å². The summed E-state index contributed by atoms with van der Waals surface area (Å²) in [6, 6.07) is 25.6. The molecule has 0 atom stereocenters. The molecular weight excluding hydrogens is 338 g/mol. The maximum atomic E-state index is 11.5. The van der Waals surface area contributed by atoms with Crippen molar-refractivity contribution in [3.8, 4) is 11.5 Å². The molecule has 0 unspecified atom stereocenters. The van der Waals surface area contributed by atoms with E-state index in [1.54, 1.807) is 0 Å². The van der Waals surface area contributed by atoms with Gasteiger partial charge in [-0.25, -0.2) is 0 Å². The van der Waals surface area contributed by atoms with E-state index in [0.717, 1.165) is 28.3 Å². The molecule has 3 rings (SSSR count). The van der Waals surface area contributed by atoms with Crippen molar-refractivity contribution in [2.75, 3.05) is 11.9 Å². The van der Waals surface area contributed by atoms with E-state index in [1.165, 1.54) is 0 Å². The van der Waals surface area contributed by atoms with Gasteiger partial charge < -0.3 is 14.8 Å². The van der Waals surface area contributed by atoms with Gasteiger partial charge in [-0.3, -0.25) is 4.79 Å². The highest BCUT2D eigenvalue weighted by atomic mass is 16.5. The van der Waals surface area contributed by atoms with Crippen LogP contribution in [0.25, 0.3) is 0 Å². The molecule has 0 fully saturated rings. The smallest absolute Gasteiger partial charge is 0.310 e. The molecule has 3 aromatic carbocycles. The summed E-state index contributed by atoms with van der Waals surface area (Å²) in [6.07, 6.45) is 0.303. The third kappa shape index (κ3) is 5.89. The Morgan fingerprint density at radius 3 is 2.11 bits per heavy atom. The van der Waals surface area contributed by atoms with Crippen LogP contribution in [0.15, 0.2) is 78.9 Å². The second kappa shape index (κ2) is 9.43. The van der Waals surface area contributed by atoms with Crippen LogP contribution in [-0.2, 0) is 22.5 Å². The SMILES string of the molecule is CCOC(=O)Cc1ccc(NCc2ccc(Oc3ccccc3)cc2)cc1. The van der Waals surface area contributed by atoms with Crippen LogP contribution in [0.2, 0.25) is 0 Å². The quantitative estimate of drug-likeness (QED) is 0.561. The van der Waals surface area contributed by atoms with E-state index in [4.69, 9.17) is 9.47 Å². The molecule has 138 valence electrons. The summed E-state index contributed by atoms with van der Waals surface area (Å²) in [7, 11) is 0. The lowest BCUT2D eigenvalue weighted by Crippen LogP contribution is -2.07. The maximum absolute atomic E-state index is 11.5. The van der Waals surface area contributed by atoms with E-state index in [9.17, 15) is 4.79 Å². The van der Waals surface area contributed by atoms with Crippen LogP contribution >= 0.6 is 0 Å². The number of carbonyl (C=O) groups excluding carboxylic acids is 1. The fourth-order valence-corrected chi connectivity index (χ4v) is 2.62. The van der Waals surface area contributed by atoms with Crippen molar-refractivity contribution < 1.29 is 14.3 Å². The lowest BCUT2D eigenvalue weighted by Gasteiger charge is -2.09. The molecule has 0 heterocycles. The summed E-state index contributed by atoms with van der Waals surface area (Å²) in [5, 5.41) is 3.38. The van der Waals surface area contributed by atoms with Gasteiger partial charge >= 0.3 is 5.97 Å². The minimum Gasteiger partial charge on any atom is -0.466 e. The average Bonchev–Trinajstić information content (AvgIpc) is 2.69. The third-order valence-corrected chi connectivity index (χ3v) is 4.01. The first-order chi connectivity index (χ1) is 13.2. The van der Waals surface area contributed by atoms with Crippen molar-refractivity contribution in [3.63, 3.8) is 0 Å².